The van der Waals surface area contributed by atoms with Crippen LogP contribution in [-0.4, -0.2) is 46.1 Å². The van der Waals surface area contributed by atoms with Crippen LogP contribution in [0.1, 0.15) is 11.1 Å². The van der Waals surface area contributed by atoms with Crippen LogP contribution in [0.2, 0.25) is 0 Å². The highest BCUT2D eigenvalue weighted by Gasteiger charge is 2.31. The second-order valence-corrected chi connectivity index (χ2v) is 7.37. The SMILES string of the molecule is COc1ccc(Cn2ncc3c(N4CC(Oc5cccc(C#N)c5)C4)ncnc32)cc1. The van der Waals surface area contributed by atoms with E-state index in [0.29, 0.717) is 30.9 Å². The monoisotopic (exact) mass is 412 g/mol. The van der Waals surface area contributed by atoms with Crippen molar-refractivity contribution in [1.29, 1.82) is 5.26 Å². The van der Waals surface area contributed by atoms with E-state index in [4.69, 9.17) is 14.7 Å². The predicted molar refractivity (Wildman–Crippen MR) is 115 cm³/mol. The summed E-state index contributed by atoms with van der Waals surface area (Å²) in [5.41, 5.74) is 2.50. The zero-order chi connectivity index (χ0) is 21.2. The molecule has 5 rings (SSSR count). The molecule has 1 fully saturated rings. The average molecular weight is 412 g/mol. The number of methoxy groups -OCH3 is 1. The molecule has 2 aromatic carbocycles. The largest absolute Gasteiger partial charge is 0.497 e. The maximum Gasteiger partial charge on any atom is 0.163 e. The van der Waals surface area contributed by atoms with Gasteiger partial charge in [0.15, 0.2) is 5.65 Å². The quantitative estimate of drug-likeness (QED) is 0.481. The summed E-state index contributed by atoms with van der Waals surface area (Å²) in [6.45, 7) is 2.05. The summed E-state index contributed by atoms with van der Waals surface area (Å²) in [4.78, 5) is 11.1. The van der Waals surface area contributed by atoms with Crippen molar-refractivity contribution < 1.29 is 9.47 Å². The molecule has 31 heavy (non-hydrogen) atoms. The van der Waals surface area contributed by atoms with Crippen LogP contribution in [0.15, 0.2) is 61.1 Å². The van der Waals surface area contributed by atoms with Gasteiger partial charge in [0, 0.05) is 0 Å². The molecule has 1 saturated heterocycles. The van der Waals surface area contributed by atoms with E-state index in [1.807, 2.05) is 47.3 Å². The minimum Gasteiger partial charge on any atom is -0.497 e. The fraction of sp³-hybridized carbons (Fsp3) is 0.217. The van der Waals surface area contributed by atoms with E-state index in [1.54, 1.807) is 25.6 Å². The molecule has 0 amide bonds. The van der Waals surface area contributed by atoms with Gasteiger partial charge in [0.1, 0.15) is 29.7 Å². The third kappa shape index (κ3) is 3.73. The van der Waals surface area contributed by atoms with Crippen LogP contribution in [0.25, 0.3) is 11.0 Å². The van der Waals surface area contributed by atoms with E-state index in [0.717, 1.165) is 28.2 Å². The van der Waals surface area contributed by atoms with Crippen molar-refractivity contribution in [2.75, 3.05) is 25.1 Å². The topological polar surface area (TPSA) is 89.1 Å². The third-order valence-corrected chi connectivity index (χ3v) is 5.32. The van der Waals surface area contributed by atoms with Crippen LogP contribution in [0.4, 0.5) is 5.82 Å². The minimum atomic E-state index is 0.0494. The van der Waals surface area contributed by atoms with Gasteiger partial charge in [0.25, 0.3) is 0 Å². The Morgan fingerprint density at radius 1 is 1.10 bits per heavy atom. The summed E-state index contributed by atoms with van der Waals surface area (Å²) in [5, 5.41) is 14.5. The Bertz CT molecular complexity index is 1260. The van der Waals surface area contributed by atoms with Crippen molar-refractivity contribution in [1.82, 2.24) is 19.7 Å². The number of aromatic nitrogens is 4. The molecule has 0 N–H and O–H groups in total. The number of nitrogens with zero attached hydrogens (tertiary/aromatic N) is 6. The van der Waals surface area contributed by atoms with Crippen molar-refractivity contribution in [2.45, 2.75) is 12.6 Å². The molecular formula is C23H20N6O2. The molecule has 0 aliphatic carbocycles. The van der Waals surface area contributed by atoms with Crippen molar-refractivity contribution in [3.63, 3.8) is 0 Å². The van der Waals surface area contributed by atoms with Gasteiger partial charge in [0.05, 0.1) is 50.0 Å². The van der Waals surface area contributed by atoms with Gasteiger partial charge in [-0.2, -0.15) is 10.4 Å². The molecule has 1 aliphatic heterocycles. The molecule has 8 nitrogen and oxygen atoms in total. The number of anilines is 1. The summed E-state index contributed by atoms with van der Waals surface area (Å²) in [6, 6.07) is 17.3. The lowest BCUT2D eigenvalue weighted by Crippen LogP contribution is -2.54. The predicted octanol–water partition coefficient (Wildman–Crippen LogP) is 3.02. The zero-order valence-electron chi connectivity index (χ0n) is 17.0. The highest BCUT2D eigenvalue weighted by atomic mass is 16.5. The van der Waals surface area contributed by atoms with E-state index in [-0.39, 0.29) is 6.10 Å². The van der Waals surface area contributed by atoms with Gasteiger partial charge in [-0.15, -0.1) is 0 Å². The summed E-state index contributed by atoms with van der Waals surface area (Å²) in [7, 11) is 1.66. The van der Waals surface area contributed by atoms with Gasteiger partial charge < -0.3 is 14.4 Å². The maximum atomic E-state index is 9.04. The lowest BCUT2D eigenvalue weighted by molar-refractivity contribution is 0.167. The molecular weight excluding hydrogens is 392 g/mol. The Labute approximate surface area is 179 Å². The zero-order valence-corrected chi connectivity index (χ0v) is 17.0. The molecule has 4 aromatic rings. The fourth-order valence-electron chi connectivity index (χ4n) is 3.67. The lowest BCUT2D eigenvalue weighted by atomic mass is 10.1. The van der Waals surface area contributed by atoms with Gasteiger partial charge in [-0.3, -0.25) is 0 Å². The summed E-state index contributed by atoms with van der Waals surface area (Å²) >= 11 is 0. The van der Waals surface area contributed by atoms with Crippen LogP contribution >= 0.6 is 0 Å². The number of nitriles is 1. The van der Waals surface area contributed by atoms with E-state index >= 15 is 0 Å². The smallest absolute Gasteiger partial charge is 0.163 e. The van der Waals surface area contributed by atoms with Gasteiger partial charge in [-0.1, -0.05) is 18.2 Å². The van der Waals surface area contributed by atoms with E-state index < -0.39 is 0 Å². The molecule has 0 radical (unpaired) electrons. The summed E-state index contributed by atoms with van der Waals surface area (Å²) < 4.78 is 13.1. The summed E-state index contributed by atoms with van der Waals surface area (Å²) in [6.07, 6.45) is 3.45. The number of ether oxygens (including phenoxy) is 2. The lowest BCUT2D eigenvalue weighted by Gasteiger charge is -2.39. The fourth-order valence-corrected chi connectivity index (χ4v) is 3.67. The van der Waals surface area contributed by atoms with Crippen molar-refractivity contribution in [2.24, 2.45) is 0 Å². The van der Waals surface area contributed by atoms with Crippen molar-refractivity contribution >= 4 is 16.9 Å². The molecule has 2 aromatic heterocycles. The normalized spacial score (nSPS) is 13.6. The van der Waals surface area contributed by atoms with Gasteiger partial charge in [-0.25, -0.2) is 14.6 Å². The number of fused-ring (bicyclic) bond motifs is 1. The molecule has 0 atom stereocenters. The third-order valence-electron chi connectivity index (χ3n) is 5.32. The highest BCUT2D eigenvalue weighted by Crippen LogP contribution is 2.28. The van der Waals surface area contributed by atoms with Crippen LogP contribution in [0.3, 0.4) is 0 Å². The van der Waals surface area contributed by atoms with Crippen LogP contribution in [-0.2, 0) is 6.54 Å². The number of rotatable bonds is 6. The molecule has 8 heteroatoms. The van der Waals surface area contributed by atoms with Crippen molar-refractivity contribution in [3.05, 3.63) is 72.2 Å². The summed E-state index contributed by atoms with van der Waals surface area (Å²) in [5.74, 6) is 2.40. The first kappa shape index (κ1) is 18.9. The molecule has 3 heterocycles. The Morgan fingerprint density at radius 2 is 1.94 bits per heavy atom. The minimum absolute atomic E-state index is 0.0494. The number of hydrogen-bond acceptors (Lipinski definition) is 7. The molecule has 0 unspecified atom stereocenters. The van der Waals surface area contributed by atoms with Gasteiger partial charge >= 0.3 is 0 Å². The van der Waals surface area contributed by atoms with E-state index in [9.17, 15) is 0 Å². The Morgan fingerprint density at radius 3 is 2.71 bits per heavy atom. The van der Waals surface area contributed by atoms with Gasteiger partial charge in [-0.05, 0) is 35.9 Å². The second-order valence-electron chi connectivity index (χ2n) is 7.37. The van der Waals surface area contributed by atoms with Crippen molar-refractivity contribution in [3.8, 4) is 17.6 Å². The molecule has 0 saturated carbocycles. The first-order valence-corrected chi connectivity index (χ1v) is 9.94. The van der Waals surface area contributed by atoms with Crippen LogP contribution in [0, 0.1) is 11.3 Å². The Hall–Kier alpha value is -4.12. The van der Waals surface area contributed by atoms with Gasteiger partial charge in [0.2, 0.25) is 0 Å². The standard InChI is InChI=1S/C23H20N6O2/c1-30-18-7-5-16(6-8-18)12-29-23-21(11-27-29)22(25-15-26-23)28-13-20(14-28)31-19-4-2-3-17(9-19)10-24/h2-9,11,15,20H,12-14H2,1H3. The number of benzene rings is 2. The van der Waals surface area contributed by atoms with E-state index in [1.165, 1.54) is 0 Å². The molecule has 0 bridgehead atoms. The maximum absolute atomic E-state index is 9.04. The Balaban J connectivity index is 1.29. The average Bonchev–Trinajstić information content (AvgIpc) is 3.20. The molecule has 0 spiro atoms. The van der Waals surface area contributed by atoms with Crippen LogP contribution in [0.5, 0.6) is 11.5 Å². The first-order valence-electron chi connectivity index (χ1n) is 9.94. The Kier molecular flexibility index (Phi) is 4.84. The van der Waals surface area contributed by atoms with Crippen LogP contribution < -0.4 is 14.4 Å². The van der Waals surface area contributed by atoms with E-state index in [2.05, 4.69) is 26.0 Å². The highest BCUT2D eigenvalue weighted by molar-refractivity contribution is 5.87. The first-order chi connectivity index (χ1) is 15.2. The molecule has 1 aliphatic rings. The number of hydrogen-bond donors (Lipinski definition) is 0. The second kappa shape index (κ2) is 7.95. The molecule has 154 valence electrons.